The minimum absolute atomic E-state index is 0.261. The van der Waals surface area contributed by atoms with Crippen molar-refractivity contribution >= 4 is 40.5 Å². The predicted octanol–water partition coefficient (Wildman–Crippen LogP) is 4.46. The second-order valence-electron chi connectivity index (χ2n) is 5.22. The number of anilines is 2. The Hall–Kier alpha value is -2.63. The number of hydrogen-bond donors (Lipinski definition) is 2. The molecule has 0 spiro atoms. The molecule has 126 valence electrons. The Labute approximate surface area is 155 Å². The van der Waals surface area contributed by atoms with Crippen LogP contribution in [-0.2, 0) is 6.54 Å². The molecule has 1 amide bonds. The van der Waals surface area contributed by atoms with Crippen molar-refractivity contribution in [1.29, 1.82) is 0 Å². The molecule has 5 nitrogen and oxygen atoms in total. The van der Waals surface area contributed by atoms with E-state index in [4.69, 9.17) is 23.2 Å². The summed E-state index contributed by atoms with van der Waals surface area (Å²) in [6, 6.07) is 14.1. The van der Waals surface area contributed by atoms with Gasteiger partial charge in [0.25, 0.3) is 5.91 Å². The second kappa shape index (κ2) is 7.96. The first-order chi connectivity index (χ1) is 12.1. The lowest BCUT2D eigenvalue weighted by Crippen LogP contribution is -2.24. The van der Waals surface area contributed by atoms with Gasteiger partial charge in [-0.25, -0.2) is 4.98 Å². The van der Waals surface area contributed by atoms with Crippen LogP contribution in [0.4, 0.5) is 11.4 Å². The van der Waals surface area contributed by atoms with Crippen LogP contribution in [0.25, 0.3) is 0 Å². The Balaban J connectivity index is 1.62. The minimum Gasteiger partial charge on any atom is -0.354 e. The molecule has 0 aliphatic carbocycles. The van der Waals surface area contributed by atoms with Crippen molar-refractivity contribution in [3.05, 3.63) is 82.4 Å². The summed E-state index contributed by atoms with van der Waals surface area (Å²) in [5, 5.41) is 6.99. The molecule has 2 N–H and O–H groups in total. The van der Waals surface area contributed by atoms with Crippen LogP contribution >= 0.6 is 23.2 Å². The van der Waals surface area contributed by atoms with Gasteiger partial charge in [-0.3, -0.25) is 9.78 Å². The summed E-state index contributed by atoms with van der Waals surface area (Å²) >= 11 is 11.9. The van der Waals surface area contributed by atoms with E-state index in [2.05, 4.69) is 20.6 Å². The van der Waals surface area contributed by atoms with Crippen LogP contribution in [0.3, 0.4) is 0 Å². The number of benzene rings is 1. The largest absolute Gasteiger partial charge is 0.354 e. The topological polar surface area (TPSA) is 66.9 Å². The van der Waals surface area contributed by atoms with E-state index in [1.165, 1.54) is 0 Å². The fourth-order valence-electron chi connectivity index (χ4n) is 2.16. The molecule has 0 fully saturated rings. The number of nitrogens with zero attached hydrogens (tertiary/aromatic N) is 2. The first kappa shape index (κ1) is 17.2. The lowest BCUT2D eigenvalue weighted by molar-refractivity contribution is 0.0945. The normalized spacial score (nSPS) is 10.3. The predicted molar refractivity (Wildman–Crippen MR) is 99.4 cm³/mol. The first-order valence-electron chi connectivity index (χ1n) is 7.47. The van der Waals surface area contributed by atoms with Crippen LogP contribution in [0.1, 0.15) is 16.2 Å². The van der Waals surface area contributed by atoms with Crippen molar-refractivity contribution in [3.63, 3.8) is 0 Å². The standard InChI is InChI=1S/C18H14Cl2N4O/c19-12-7-13(20)9-16(8-12)24-15-4-5-17(22-11-15)18(25)23-10-14-3-1-2-6-21-14/h1-9,11,24H,10H2,(H,23,25). The van der Waals surface area contributed by atoms with Gasteiger partial charge in [-0.05, 0) is 42.5 Å². The van der Waals surface area contributed by atoms with E-state index >= 15 is 0 Å². The van der Waals surface area contributed by atoms with Gasteiger partial charge in [-0.1, -0.05) is 29.3 Å². The monoisotopic (exact) mass is 372 g/mol. The zero-order chi connectivity index (χ0) is 17.6. The quantitative estimate of drug-likeness (QED) is 0.693. The molecule has 0 atom stereocenters. The van der Waals surface area contributed by atoms with Crippen molar-refractivity contribution in [2.75, 3.05) is 5.32 Å². The molecule has 0 radical (unpaired) electrons. The summed E-state index contributed by atoms with van der Waals surface area (Å²) in [5.41, 5.74) is 2.57. The van der Waals surface area contributed by atoms with Crippen LogP contribution in [0.15, 0.2) is 60.9 Å². The Kier molecular flexibility index (Phi) is 5.48. The maximum absolute atomic E-state index is 12.1. The van der Waals surface area contributed by atoms with E-state index < -0.39 is 0 Å². The molecule has 3 rings (SSSR count). The summed E-state index contributed by atoms with van der Waals surface area (Å²) in [6.07, 6.45) is 3.26. The molecule has 0 aliphatic rings. The highest BCUT2D eigenvalue weighted by atomic mass is 35.5. The second-order valence-corrected chi connectivity index (χ2v) is 6.09. The number of rotatable bonds is 5. The van der Waals surface area contributed by atoms with Crippen LogP contribution in [0.5, 0.6) is 0 Å². The van der Waals surface area contributed by atoms with Crippen molar-refractivity contribution in [2.24, 2.45) is 0 Å². The zero-order valence-electron chi connectivity index (χ0n) is 13.0. The van der Waals surface area contributed by atoms with Crippen molar-refractivity contribution in [2.45, 2.75) is 6.54 Å². The Morgan fingerprint density at radius 2 is 1.76 bits per heavy atom. The third kappa shape index (κ3) is 4.92. The third-order valence-corrected chi connectivity index (χ3v) is 3.74. The van der Waals surface area contributed by atoms with E-state index in [-0.39, 0.29) is 5.91 Å². The highest BCUT2D eigenvalue weighted by molar-refractivity contribution is 6.35. The van der Waals surface area contributed by atoms with Crippen molar-refractivity contribution in [1.82, 2.24) is 15.3 Å². The van der Waals surface area contributed by atoms with Crippen LogP contribution < -0.4 is 10.6 Å². The van der Waals surface area contributed by atoms with Gasteiger partial charge in [0.05, 0.1) is 24.1 Å². The van der Waals surface area contributed by atoms with E-state index in [9.17, 15) is 4.79 Å². The van der Waals surface area contributed by atoms with Gasteiger partial charge in [-0.2, -0.15) is 0 Å². The molecule has 0 bridgehead atoms. The number of carbonyl (C=O) groups is 1. The van der Waals surface area contributed by atoms with Gasteiger partial charge < -0.3 is 10.6 Å². The summed E-state index contributed by atoms with van der Waals surface area (Å²) in [6.45, 7) is 0.350. The number of pyridine rings is 2. The first-order valence-corrected chi connectivity index (χ1v) is 8.23. The molecule has 3 aromatic rings. The van der Waals surface area contributed by atoms with Gasteiger partial charge in [0.2, 0.25) is 0 Å². The molecular formula is C18H14Cl2N4O. The molecule has 25 heavy (non-hydrogen) atoms. The maximum atomic E-state index is 12.1. The number of halogens is 2. The highest BCUT2D eigenvalue weighted by Gasteiger charge is 2.07. The van der Waals surface area contributed by atoms with E-state index in [1.54, 1.807) is 42.7 Å². The van der Waals surface area contributed by atoms with Gasteiger partial charge in [0, 0.05) is 21.9 Å². The van der Waals surface area contributed by atoms with Gasteiger partial charge in [0.15, 0.2) is 0 Å². The lowest BCUT2D eigenvalue weighted by Gasteiger charge is -2.08. The molecule has 2 aromatic heterocycles. The lowest BCUT2D eigenvalue weighted by atomic mass is 10.2. The molecule has 0 saturated carbocycles. The van der Waals surface area contributed by atoms with E-state index in [0.29, 0.717) is 22.3 Å². The fourth-order valence-corrected chi connectivity index (χ4v) is 2.68. The molecule has 2 heterocycles. The molecule has 1 aromatic carbocycles. The average molecular weight is 373 g/mol. The van der Waals surface area contributed by atoms with Crippen LogP contribution in [-0.4, -0.2) is 15.9 Å². The number of amides is 1. The molecule has 0 unspecified atom stereocenters. The van der Waals surface area contributed by atoms with Gasteiger partial charge in [0.1, 0.15) is 5.69 Å². The average Bonchev–Trinajstić information content (AvgIpc) is 2.60. The minimum atomic E-state index is -0.261. The molecule has 0 saturated heterocycles. The number of hydrogen-bond acceptors (Lipinski definition) is 4. The van der Waals surface area contributed by atoms with E-state index in [1.807, 2.05) is 18.2 Å². The Morgan fingerprint density at radius 3 is 2.40 bits per heavy atom. The summed E-state index contributed by atoms with van der Waals surface area (Å²) in [4.78, 5) is 20.4. The molecule has 0 aliphatic heterocycles. The smallest absolute Gasteiger partial charge is 0.270 e. The number of aromatic nitrogens is 2. The van der Waals surface area contributed by atoms with Gasteiger partial charge >= 0.3 is 0 Å². The zero-order valence-corrected chi connectivity index (χ0v) is 14.6. The number of carbonyl (C=O) groups excluding carboxylic acids is 1. The SMILES string of the molecule is O=C(NCc1ccccn1)c1ccc(Nc2cc(Cl)cc(Cl)c2)cn1. The van der Waals surface area contributed by atoms with Crippen LogP contribution in [0.2, 0.25) is 10.0 Å². The summed E-state index contributed by atoms with van der Waals surface area (Å²) in [5.74, 6) is -0.261. The van der Waals surface area contributed by atoms with Crippen LogP contribution in [0, 0.1) is 0 Å². The Morgan fingerprint density at radius 1 is 0.960 bits per heavy atom. The van der Waals surface area contributed by atoms with Crippen molar-refractivity contribution < 1.29 is 4.79 Å². The summed E-state index contributed by atoms with van der Waals surface area (Å²) in [7, 11) is 0. The van der Waals surface area contributed by atoms with Gasteiger partial charge in [-0.15, -0.1) is 0 Å². The number of nitrogens with one attached hydrogen (secondary N) is 2. The molecular weight excluding hydrogens is 359 g/mol. The highest BCUT2D eigenvalue weighted by Crippen LogP contribution is 2.25. The molecule has 7 heteroatoms. The third-order valence-electron chi connectivity index (χ3n) is 3.30. The van der Waals surface area contributed by atoms with E-state index in [0.717, 1.165) is 17.1 Å². The Bertz CT molecular complexity index is 850. The van der Waals surface area contributed by atoms with Crippen molar-refractivity contribution in [3.8, 4) is 0 Å². The fraction of sp³-hybridized carbons (Fsp3) is 0.0556. The maximum Gasteiger partial charge on any atom is 0.270 e. The summed E-state index contributed by atoms with van der Waals surface area (Å²) < 4.78 is 0.